The summed E-state index contributed by atoms with van der Waals surface area (Å²) in [5.74, 6) is 5.35. The van der Waals surface area contributed by atoms with Crippen LogP contribution >= 0.6 is 17.7 Å². The second-order valence-corrected chi connectivity index (χ2v) is 4.12. The van der Waals surface area contributed by atoms with Gasteiger partial charge in [0.1, 0.15) is 0 Å². The van der Waals surface area contributed by atoms with Crippen LogP contribution in [0.2, 0.25) is 0 Å². The van der Waals surface area contributed by atoms with Crippen LogP contribution in [0.15, 0.2) is 19.7 Å². The molecule has 13 heavy (non-hydrogen) atoms. The fraction of sp³-hybridized carbons (Fsp3) is 0. The molecule has 0 saturated heterocycles. The Morgan fingerprint density at radius 1 is 0.846 bits per heavy atom. The number of halogens is 2. The summed E-state index contributed by atoms with van der Waals surface area (Å²) in [6.45, 7) is 0. The third-order valence-electron chi connectivity index (χ3n) is 0.333. The van der Waals surface area contributed by atoms with E-state index in [1.807, 2.05) is 19.7 Å². The minimum absolute atomic E-state index is 0. The number of hydrogen-bond donors (Lipinski definition) is 0. The summed E-state index contributed by atoms with van der Waals surface area (Å²) in [5.41, 5.74) is 0. The molecule has 0 aromatic rings. The van der Waals surface area contributed by atoms with E-state index in [1.165, 1.54) is 0 Å². The summed E-state index contributed by atoms with van der Waals surface area (Å²) >= 11 is 2.25. The summed E-state index contributed by atoms with van der Waals surface area (Å²) in [5, 5.41) is 0. The van der Waals surface area contributed by atoms with Crippen LogP contribution in [0.4, 0.5) is 0 Å². The first-order valence-corrected chi connectivity index (χ1v) is 7.81. The van der Waals surface area contributed by atoms with Gasteiger partial charge in [-0.2, -0.15) is 0 Å². The molecule has 0 N–H and O–H groups in total. The van der Waals surface area contributed by atoms with E-state index in [9.17, 15) is 0 Å². The number of hydrogen-bond acceptors (Lipinski definition) is 0. The van der Waals surface area contributed by atoms with Gasteiger partial charge < -0.3 is 24.8 Å². The maximum Gasteiger partial charge on any atom is 4.00 e. The van der Waals surface area contributed by atoms with Crippen molar-refractivity contribution in [3.05, 3.63) is 19.7 Å². The van der Waals surface area contributed by atoms with Crippen LogP contribution in [0.5, 0.6) is 0 Å². The normalized spacial score (nSPS) is 6.92. The smallest absolute Gasteiger partial charge is 1.00 e. The molecule has 0 aliphatic rings. The van der Waals surface area contributed by atoms with Gasteiger partial charge in [0.05, 0.1) is 0 Å². The predicted octanol–water partition coefficient (Wildman–Crippen LogP) is -5.55. The van der Waals surface area contributed by atoms with Gasteiger partial charge in [0.2, 0.25) is 0 Å². The first-order chi connectivity index (χ1) is 4.83. The minimum Gasteiger partial charge on any atom is -1.00 e. The predicted molar refractivity (Wildman–Crippen MR) is 59.2 cm³/mol. The van der Waals surface area contributed by atoms with Gasteiger partial charge in [-0.3, -0.25) is 0 Å². The molecule has 0 rings (SSSR count). The molecule has 0 heterocycles. The summed E-state index contributed by atoms with van der Waals surface area (Å²) < 4.78 is 4.07. The monoisotopic (exact) mass is 720 g/mol. The molecule has 0 bridgehead atoms. The molecule has 0 nitrogen and oxygen atoms in total. The van der Waals surface area contributed by atoms with Gasteiger partial charge >= 0.3 is 125 Å². The molecule has 0 saturated carbocycles. The van der Waals surface area contributed by atoms with Gasteiger partial charge in [-0.15, -0.1) is 0 Å². The molecule has 0 fully saturated rings. The van der Waals surface area contributed by atoms with E-state index in [4.69, 9.17) is 0 Å². The van der Waals surface area contributed by atoms with Crippen molar-refractivity contribution in [3.63, 3.8) is 0 Å². The van der Waals surface area contributed by atoms with Gasteiger partial charge in [0.15, 0.2) is 0 Å². The van der Waals surface area contributed by atoms with E-state index in [-0.39, 0.29) is 51.0 Å². The van der Waals surface area contributed by atoms with Crippen LogP contribution in [-0.2, 0) is 26.2 Å². The molecular formula is C6H8Bi2Cl2P2Zr. The third kappa shape index (κ3) is 51.6. The Morgan fingerprint density at radius 3 is 1.08 bits per heavy atom. The summed E-state index contributed by atoms with van der Waals surface area (Å²) in [7, 11) is 6.07. The molecule has 0 aromatic heterocycles. The summed E-state index contributed by atoms with van der Waals surface area (Å²) in [6, 6.07) is 0. The molecule has 0 amide bonds. The van der Waals surface area contributed by atoms with E-state index in [0.29, 0.717) is 0 Å². The van der Waals surface area contributed by atoms with Gasteiger partial charge in [0.25, 0.3) is 0 Å². The van der Waals surface area contributed by atoms with Crippen molar-refractivity contribution >= 4 is 78.8 Å². The first kappa shape index (κ1) is 29.8. The van der Waals surface area contributed by atoms with E-state index < -0.39 is 0 Å². The van der Waals surface area contributed by atoms with Crippen molar-refractivity contribution < 1.29 is 51.0 Å². The Hall–Kier alpha value is 3.05. The molecule has 0 aliphatic carbocycles. The average Bonchev–Trinajstić information content (AvgIpc) is 1.93. The fourth-order valence-corrected chi connectivity index (χ4v) is 2.19. The van der Waals surface area contributed by atoms with Gasteiger partial charge in [-0.25, -0.2) is 0 Å². The SMILES string of the molecule is P=[C-]C=[CH][BiH].P=[C-]C=[CH][BiH].[Cl-].[Cl-].[Zr+4]. The zero-order valence-electron chi connectivity index (χ0n) is 6.57. The van der Waals surface area contributed by atoms with E-state index >= 15 is 0 Å². The molecule has 0 atom stereocenters. The topological polar surface area (TPSA) is 0 Å². The second-order valence-electron chi connectivity index (χ2n) is 0.955. The molecule has 2 radical (unpaired) electrons. The van der Waals surface area contributed by atoms with Gasteiger partial charge in [0, 0.05) is 0 Å². The number of rotatable bonds is 2. The summed E-state index contributed by atoms with van der Waals surface area (Å²) in [4.78, 5) is 0. The Kier molecular flexibility index (Phi) is 83.1. The van der Waals surface area contributed by atoms with Crippen molar-refractivity contribution in [3.8, 4) is 0 Å². The Balaban J connectivity index is -0.0000000267. The third-order valence-corrected chi connectivity index (χ3v) is 1.96. The Morgan fingerprint density at radius 2 is 1.08 bits per heavy atom. The van der Waals surface area contributed by atoms with E-state index in [2.05, 4.69) is 29.3 Å². The van der Waals surface area contributed by atoms with Crippen LogP contribution in [0.3, 0.4) is 0 Å². The molecular weight excluding hydrogens is 714 g/mol. The average molecular weight is 722 g/mol. The zero-order chi connectivity index (χ0) is 8.24. The molecule has 0 unspecified atom stereocenters. The Bertz CT molecular complexity index is 127. The molecule has 70 valence electrons. The van der Waals surface area contributed by atoms with Crippen molar-refractivity contribution in [2.45, 2.75) is 0 Å². The van der Waals surface area contributed by atoms with E-state index in [0.717, 1.165) is 49.4 Å². The van der Waals surface area contributed by atoms with Crippen LogP contribution in [0.1, 0.15) is 0 Å². The van der Waals surface area contributed by atoms with Gasteiger partial charge in [-0.05, 0) is 0 Å². The van der Waals surface area contributed by atoms with Gasteiger partial charge in [-0.1, -0.05) is 0 Å². The standard InChI is InChI=1S/2C3H3P.2Bi.2ClH.Zr.2H/c2*1-2-3-4;;;;;;;/h2*1-2,4H;;;2*1H;;;/q2*-1;;;;;+4;;/p-2. The largest absolute Gasteiger partial charge is 4.00 e. The molecule has 0 spiro atoms. The molecule has 7 heteroatoms. The Labute approximate surface area is 147 Å². The molecule has 0 aromatic carbocycles. The number of allylic oxidation sites excluding steroid dienone is 2. The van der Waals surface area contributed by atoms with Crippen LogP contribution < -0.4 is 24.8 Å². The van der Waals surface area contributed by atoms with Crippen molar-refractivity contribution in [2.24, 2.45) is 0 Å². The van der Waals surface area contributed by atoms with Crippen LogP contribution in [-0.4, -0.2) is 61.0 Å². The maximum atomic E-state index is 3.04. The summed E-state index contributed by atoms with van der Waals surface area (Å²) in [6.07, 6.45) is 3.70. The quantitative estimate of drug-likeness (QED) is 0.152. The minimum atomic E-state index is 0. The second kappa shape index (κ2) is 36.3. The van der Waals surface area contributed by atoms with E-state index in [1.54, 1.807) is 0 Å². The van der Waals surface area contributed by atoms with Crippen LogP contribution in [0.25, 0.3) is 0 Å². The zero-order valence-corrected chi connectivity index (χ0v) is 20.3. The van der Waals surface area contributed by atoms with Crippen LogP contribution in [0, 0.1) is 0 Å². The molecule has 0 aliphatic heterocycles. The first-order valence-electron chi connectivity index (χ1n) is 2.32. The van der Waals surface area contributed by atoms with Crippen molar-refractivity contribution in [2.75, 3.05) is 0 Å². The fourth-order valence-electron chi connectivity index (χ4n) is 0.0833. The maximum absolute atomic E-state index is 3.04. The van der Waals surface area contributed by atoms with Crippen molar-refractivity contribution in [1.82, 2.24) is 0 Å². The van der Waals surface area contributed by atoms with Crippen molar-refractivity contribution in [1.29, 1.82) is 0 Å².